The average Bonchev–Trinajstić information content (AvgIpc) is 2.83. The largest absolute Gasteiger partial charge is 0.497 e. The van der Waals surface area contributed by atoms with Crippen molar-refractivity contribution in [3.63, 3.8) is 0 Å². The molecular formula is C25H16N4O2. The zero-order chi connectivity index (χ0) is 21.6. The first-order valence-corrected chi connectivity index (χ1v) is 9.41. The molecule has 0 heterocycles. The predicted molar refractivity (Wildman–Crippen MR) is 117 cm³/mol. The first kappa shape index (κ1) is 19.6. The van der Waals surface area contributed by atoms with Crippen LogP contribution in [0, 0.1) is 22.7 Å². The van der Waals surface area contributed by atoms with Crippen LogP contribution in [0.15, 0.2) is 89.1 Å². The fraction of sp³-hybridized carbons (Fsp3) is 0.0400. The second-order valence-corrected chi connectivity index (χ2v) is 6.56. The van der Waals surface area contributed by atoms with Gasteiger partial charge in [-0.05, 0) is 54.6 Å². The van der Waals surface area contributed by atoms with Crippen molar-refractivity contribution in [2.45, 2.75) is 0 Å². The highest BCUT2D eigenvalue weighted by atomic mass is 16.5. The molecule has 0 aliphatic heterocycles. The minimum atomic E-state index is 0.272. The normalized spacial score (nSPS) is 10.5. The van der Waals surface area contributed by atoms with Crippen molar-refractivity contribution in [3.8, 4) is 29.4 Å². The van der Waals surface area contributed by atoms with Crippen LogP contribution in [-0.4, -0.2) is 7.11 Å². The molecule has 4 aromatic carbocycles. The van der Waals surface area contributed by atoms with E-state index in [0.717, 1.165) is 16.5 Å². The van der Waals surface area contributed by atoms with E-state index < -0.39 is 0 Å². The minimum absolute atomic E-state index is 0.272. The summed E-state index contributed by atoms with van der Waals surface area (Å²) in [6.07, 6.45) is 0. The first-order chi connectivity index (χ1) is 15.2. The molecule has 4 rings (SSSR count). The summed E-state index contributed by atoms with van der Waals surface area (Å²) in [7, 11) is 1.62. The third-order valence-electron chi connectivity index (χ3n) is 4.67. The van der Waals surface area contributed by atoms with E-state index in [9.17, 15) is 5.26 Å². The maximum Gasteiger partial charge on any atom is 0.135 e. The van der Waals surface area contributed by atoms with Crippen molar-refractivity contribution in [2.24, 2.45) is 10.2 Å². The zero-order valence-corrected chi connectivity index (χ0v) is 16.6. The first-order valence-electron chi connectivity index (χ1n) is 9.41. The van der Waals surface area contributed by atoms with Gasteiger partial charge in [0.2, 0.25) is 0 Å². The van der Waals surface area contributed by atoms with Crippen molar-refractivity contribution in [1.29, 1.82) is 10.5 Å². The molecule has 31 heavy (non-hydrogen) atoms. The Morgan fingerprint density at radius 3 is 2.13 bits per heavy atom. The Hall–Kier alpha value is -4.68. The highest BCUT2D eigenvalue weighted by Crippen LogP contribution is 2.36. The Morgan fingerprint density at radius 2 is 1.42 bits per heavy atom. The van der Waals surface area contributed by atoms with Crippen LogP contribution in [0.3, 0.4) is 0 Å². The lowest BCUT2D eigenvalue weighted by molar-refractivity contribution is 0.415. The number of hydrogen-bond acceptors (Lipinski definition) is 6. The predicted octanol–water partition coefficient (Wildman–Crippen LogP) is 6.80. The average molecular weight is 404 g/mol. The SMILES string of the molecule is COc1ccc(N=Nc2ccc(Oc3ccc(C#N)c(C#N)c3)c3ccccc23)cc1. The molecule has 0 saturated heterocycles. The molecule has 6 nitrogen and oxygen atoms in total. The van der Waals surface area contributed by atoms with Gasteiger partial charge in [-0.1, -0.05) is 24.3 Å². The van der Waals surface area contributed by atoms with Gasteiger partial charge in [0, 0.05) is 10.8 Å². The van der Waals surface area contributed by atoms with Gasteiger partial charge in [0.25, 0.3) is 0 Å². The Morgan fingerprint density at radius 1 is 0.710 bits per heavy atom. The van der Waals surface area contributed by atoms with Crippen LogP contribution in [0.1, 0.15) is 11.1 Å². The molecule has 0 atom stereocenters. The molecule has 0 bridgehead atoms. The topological polar surface area (TPSA) is 90.8 Å². The fourth-order valence-electron chi connectivity index (χ4n) is 3.10. The maximum atomic E-state index is 9.24. The molecule has 0 N–H and O–H groups in total. The Bertz CT molecular complexity index is 1360. The number of hydrogen-bond donors (Lipinski definition) is 0. The number of benzene rings is 4. The molecule has 0 spiro atoms. The second-order valence-electron chi connectivity index (χ2n) is 6.56. The summed E-state index contributed by atoms with van der Waals surface area (Å²) >= 11 is 0. The molecule has 0 aromatic heterocycles. The lowest BCUT2D eigenvalue weighted by Gasteiger charge is -2.11. The molecule has 148 valence electrons. The molecule has 0 unspecified atom stereocenters. The van der Waals surface area contributed by atoms with Crippen LogP contribution >= 0.6 is 0 Å². The van der Waals surface area contributed by atoms with Crippen molar-refractivity contribution in [1.82, 2.24) is 0 Å². The Labute approximate surface area is 179 Å². The third-order valence-corrected chi connectivity index (χ3v) is 4.67. The summed E-state index contributed by atoms with van der Waals surface area (Å²) in [6.45, 7) is 0. The molecule has 0 fully saturated rings. The molecule has 6 heteroatoms. The summed E-state index contributed by atoms with van der Waals surface area (Å²) in [6, 6.07) is 27.5. The van der Waals surface area contributed by atoms with Crippen molar-refractivity contribution < 1.29 is 9.47 Å². The van der Waals surface area contributed by atoms with Gasteiger partial charge in [-0.2, -0.15) is 15.6 Å². The number of ether oxygens (including phenoxy) is 2. The zero-order valence-electron chi connectivity index (χ0n) is 16.6. The van der Waals surface area contributed by atoms with Crippen LogP contribution in [0.2, 0.25) is 0 Å². The summed E-state index contributed by atoms with van der Waals surface area (Å²) in [5.41, 5.74) is 2.01. The van der Waals surface area contributed by atoms with E-state index in [-0.39, 0.29) is 5.56 Å². The van der Waals surface area contributed by atoms with Gasteiger partial charge in [0.05, 0.1) is 29.6 Å². The number of azo groups is 1. The fourth-order valence-corrected chi connectivity index (χ4v) is 3.10. The molecule has 0 aliphatic carbocycles. The lowest BCUT2D eigenvalue weighted by atomic mass is 10.1. The van der Waals surface area contributed by atoms with E-state index >= 15 is 0 Å². The second kappa shape index (κ2) is 8.77. The molecule has 0 aliphatic rings. The number of rotatable bonds is 5. The van der Waals surface area contributed by atoms with E-state index in [1.54, 1.807) is 25.3 Å². The van der Waals surface area contributed by atoms with E-state index in [4.69, 9.17) is 14.7 Å². The summed E-state index contributed by atoms with van der Waals surface area (Å²) in [5, 5.41) is 28.8. The van der Waals surface area contributed by atoms with Crippen LogP contribution in [0.25, 0.3) is 10.8 Å². The number of nitrogens with zero attached hydrogens (tertiary/aromatic N) is 4. The van der Waals surface area contributed by atoms with Gasteiger partial charge >= 0.3 is 0 Å². The van der Waals surface area contributed by atoms with E-state index in [1.807, 2.05) is 72.8 Å². The van der Waals surface area contributed by atoms with Crippen LogP contribution in [0.5, 0.6) is 17.2 Å². The highest BCUT2D eigenvalue weighted by molar-refractivity contribution is 5.96. The highest BCUT2D eigenvalue weighted by Gasteiger charge is 2.10. The summed E-state index contributed by atoms with van der Waals surface area (Å²) in [4.78, 5) is 0. The molecular weight excluding hydrogens is 388 g/mol. The molecule has 4 aromatic rings. The van der Waals surface area contributed by atoms with Gasteiger partial charge in [0.1, 0.15) is 29.4 Å². The lowest BCUT2D eigenvalue weighted by Crippen LogP contribution is -1.89. The maximum absolute atomic E-state index is 9.24. The van der Waals surface area contributed by atoms with Gasteiger partial charge in [0.15, 0.2) is 0 Å². The third kappa shape index (κ3) is 4.19. The van der Waals surface area contributed by atoms with Gasteiger partial charge in [-0.25, -0.2) is 0 Å². The number of fused-ring (bicyclic) bond motifs is 1. The van der Waals surface area contributed by atoms with Crippen LogP contribution in [0.4, 0.5) is 11.4 Å². The molecule has 0 amide bonds. The van der Waals surface area contributed by atoms with E-state index in [1.165, 1.54) is 0 Å². The molecule has 0 radical (unpaired) electrons. The number of nitriles is 2. The number of methoxy groups -OCH3 is 1. The monoisotopic (exact) mass is 404 g/mol. The standard InChI is InChI=1S/C25H16N4O2/c1-30-20-10-7-19(8-11-20)28-29-24-12-13-25(23-5-3-2-4-22(23)24)31-21-9-6-17(15-26)18(14-21)16-27/h2-14H,1H3. The van der Waals surface area contributed by atoms with Crippen LogP contribution in [-0.2, 0) is 0 Å². The minimum Gasteiger partial charge on any atom is -0.497 e. The Kier molecular flexibility index (Phi) is 5.55. The molecule has 0 saturated carbocycles. The van der Waals surface area contributed by atoms with Crippen LogP contribution < -0.4 is 9.47 Å². The summed E-state index contributed by atoms with van der Waals surface area (Å²) < 4.78 is 11.2. The van der Waals surface area contributed by atoms with Gasteiger partial charge in [-0.15, -0.1) is 5.11 Å². The Balaban J connectivity index is 1.68. The quantitative estimate of drug-likeness (QED) is 0.342. The van der Waals surface area contributed by atoms with Crippen molar-refractivity contribution >= 4 is 22.1 Å². The van der Waals surface area contributed by atoms with E-state index in [2.05, 4.69) is 10.2 Å². The smallest absolute Gasteiger partial charge is 0.135 e. The van der Waals surface area contributed by atoms with Gasteiger partial charge < -0.3 is 9.47 Å². The van der Waals surface area contributed by atoms with Gasteiger partial charge in [-0.3, -0.25) is 0 Å². The van der Waals surface area contributed by atoms with Crippen molar-refractivity contribution in [3.05, 3.63) is 90.0 Å². The van der Waals surface area contributed by atoms with Crippen molar-refractivity contribution in [2.75, 3.05) is 7.11 Å². The van der Waals surface area contributed by atoms with E-state index in [0.29, 0.717) is 28.4 Å². The summed E-state index contributed by atoms with van der Waals surface area (Å²) in [5.74, 6) is 1.86.